The van der Waals surface area contributed by atoms with Gasteiger partial charge in [0.1, 0.15) is 5.56 Å². The number of aryl methyl sites for hydroxylation is 1. The standard InChI is InChI=1S/C19H23Cl2N3O2S/c1-11-6-8-24(9-7-11)10-15-12(2)22-19(27-15)23-18(25)16-13(20)4-5-14(21)17(16)26-3/h4-5,11H,6-10H2,1-3H3,(H,22,23,25). The first-order valence-corrected chi connectivity index (χ1v) is 10.5. The lowest BCUT2D eigenvalue weighted by atomic mass is 9.99. The zero-order chi connectivity index (χ0) is 19.6. The number of carbonyl (C=O) groups excluding carboxylic acids is 1. The number of hydrogen-bond acceptors (Lipinski definition) is 5. The fourth-order valence-corrected chi connectivity index (χ4v) is 4.62. The van der Waals surface area contributed by atoms with Crippen molar-refractivity contribution in [3.8, 4) is 5.75 Å². The molecule has 0 atom stereocenters. The molecule has 1 N–H and O–H groups in total. The highest BCUT2D eigenvalue weighted by Gasteiger charge is 2.22. The predicted octanol–water partition coefficient (Wildman–Crippen LogP) is 5.25. The van der Waals surface area contributed by atoms with Crippen molar-refractivity contribution in [3.05, 3.63) is 38.3 Å². The van der Waals surface area contributed by atoms with Crippen molar-refractivity contribution in [1.82, 2.24) is 9.88 Å². The molecule has 1 aromatic carbocycles. The number of methoxy groups -OCH3 is 1. The van der Waals surface area contributed by atoms with Crippen LogP contribution in [0.25, 0.3) is 0 Å². The summed E-state index contributed by atoms with van der Waals surface area (Å²) in [4.78, 5) is 20.9. The van der Waals surface area contributed by atoms with Gasteiger partial charge < -0.3 is 4.74 Å². The molecule has 2 aromatic rings. The number of benzene rings is 1. The molecule has 0 radical (unpaired) electrons. The quantitative estimate of drug-likeness (QED) is 0.707. The van der Waals surface area contributed by atoms with Crippen LogP contribution < -0.4 is 10.1 Å². The number of amides is 1. The lowest BCUT2D eigenvalue weighted by Gasteiger charge is -2.29. The molecule has 146 valence electrons. The summed E-state index contributed by atoms with van der Waals surface area (Å²) in [6, 6.07) is 3.18. The summed E-state index contributed by atoms with van der Waals surface area (Å²) in [5, 5.41) is 4.00. The molecule has 0 aliphatic carbocycles. The van der Waals surface area contributed by atoms with Crippen LogP contribution in [0.1, 0.15) is 40.7 Å². The first-order valence-electron chi connectivity index (χ1n) is 8.91. The van der Waals surface area contributed by atoms with E-state index < -0.39 is 0 Å². The number of likely N-dealkylation sites (tertiary alicyclic amines) is 1. The van der Waals surface area contributed by atoms with E-state index >= 15 is 0 Å². The normalized spacial score (nSPS) is 15.7. The SMILES string of the molecule is COc1c(Cl)ccc(Cl)c1C(=O)Nc1nc(C)c(CN2CCC(C)CC2)s1. The average molecular weight is 428 g/mol. The summed E-state index contributed by atoms with van der Waals surface area (Å²) in [5.41, 5.74) is 1.16. The molecule has 0 saturated carbocycles. The van der Waals surface area contributed by atoms with E-state index in [1.807, 2.05) is 6.92 Å². The number of hydrogen-bond donors (Lipinski definition) is 1. The van der Waals surface area contributed by atoms with Gasteiger partial charge in [-0.25, -0.2) is 4.98 Å². The number of nitrogens with zero attached hydrogens (tertiary/aromatic N) is 2. The van der Waals surface area contributed by atoms with Gasteiger partial charge in [-0.2, -0.15) is 0 Å². The molecule has 0 bridgehead atoms. The van der Waals surface area contributed by atoms with Gasteiger partial charge in [-0.3, -0.25) is 15.0 Å². The van der Waals surface area contributed by atoms with E-state index in [1.54, 1.807) is 12.1 Å². The van der Waals surface area contributed by atoms with Crippen molar-refractivity contribution in [2.75, 3.05) is 25.5 Å². The van der Waals surface area contributed by atoms with Crippen LogP contribution in [-0.2, 0) is 6.54 Å². The number of carbonyl (C=O) groups is 1. The van der Waals surface area contributed by atoms with Crippen molar-refractivity contribution in [3.63, 3.8) is 0 Å². The molecule has 0 spiro atoms. The average Bonchev–Trinajstić information content (AvgIpc) is 2.97. The highest BCUT2D eigenvalue weighted by molar-refractivity contribution is 7.15. The van der Waals surface area contributed by atoms with Crippen LogP contribution in [0.4, 0.5) is 5.13 Å². The van der Waals surface area contributed by atoms with Gasteiger partial charge in [-0.05, 0) is 50.9 Å². The van der Waals surface area contributed by atoms with Crippen molar-refractivity contribution in [2.45, 2.75) is 33.2 Å². The Labute approximate surface area is 173 Å². The second kappa shape index (κ2) is 8.78. The number of halogens is 2. The Kier molecular flexibility index (Phi) is 6.63. The predicted molar refractivity (Wildman–Crippen MR) is 111 cm³/mol. The number of nitrogens with one attached hydrogen (secondary N) is 1. The van der Waals surface area contributed by atoms with Crippen LogP contribution in [0, 0.1) is 12.8 Å². The summed E-state index contributed by atoms with van der Waals surface area (Å²) >= 11 is 13.8. The number of ether oxygens (including phenoxy) is 1. The smallest absolute Gasteiger partial charge is 0.262 e. The van der Waals surface area contributed by atoms with Crippen molar-refractivity contribution in [1.29, 1.82) is 0 Å². The summed E-state index contributed by atoms with van der Waals surface area (Å²) in [5.74, 6) is 0.681. The fraction of sp³-hybridized carbons (Fsp3) is 0.474. The summed E-state index contributed by atoms with van der Waals surface area (Å²) in [7, 11) is 1.46. The van der Waals surface area contributed by atoms with Crippen molar-refractivity contribution < 1.29 is 9.53 Å². The molecule has 1 fully saturated rings. The van der Waals surface area contributed by atoms with Crippen LogP contribution in [0.5, 0.6) is 5.75 Å². The Morgan fingerprint density at radius 3 is 2.67 bits per heavy atom. The van der Waals surface area contributed by atoms with E-state index in [1.165, 1.54) is 36.2 Å². The molecule has 1 aromatic heterocycles. The Balaban J connectivity index is 1.74. The Bertz CT molecular complexity index is 833. The molecule has 1 amide bonds. The lowest BCUT2D eigenvalue weighted by molar-refractivity contribution is 0.102. The Hall–Kier alpha value is -1.34. The first-order chi connectivity index (χ1) is 12.9. The Morgan fingerprint density at radius 2 is 2.00 bits per heavy atom. The minimum absolute atomic E-state index is 0.214. The van der Waals surface area contributed by atoms with Gasteiger partial charge in [0.2, 0.25) is 0 Å². The Morgan fingerprint density at radius 1 is 1.33 bits per heavy atom. The molecular formula is C19H23Cl2N3O2S. The summed E-state index contributed by atoms with van der Waals surface area (Å²) < 4.78 is 5.25. The van der Waals surface area contributed by atoms with Crippen LogP contribution >= 0.6 is 34.5 Å². The molecule has 1 saturated heterocycles. The van der Waals surface area contributed by atoms with E-state index in [2.05, 4.69) is 22.1 Å². The molecule has 0 unspecified atom stereocenters. The number of piperidine rings is 1. The number of rotatable bonds is 5. The largest absolute Gasteiger partial charge is 0.494 e. The van der Waals surface area contributed by atoms with Crippen molar-refractivity contribution >= 4 is 45.6 Å². The fourth-order valence-electron chi connectivity index (χ4n) is 3.16. The maximum atomic E-state index is 12.7. The van der Waals surface area contributed by atoms with Crippen LogP contribution in [-0.4, -0.2) is 36.0 Å². The molecule has 1 aliphatic rings. The van der Waals surface area contributed by atoms with E-state index in [9.17, 15) is 4.79 Å². The topological polar surface area (TPSA) is 54.5 Å². The molecule has 1 aliphatic heterocycles. The van der Waals surface area contributed by atoms with Crippen LogP contribution in [0.3, 0.4) is 0 Å². The third-order valence-electron chi connectivity index (χ3n) is 4.85. The van der Waals surface area contributed by atoms with Crippen LogP contribution in [0.2, 0.25) is 10.0 Å². The maximum absolute atomic E-state index is 12.7. The molecular weight excluding hydrogens is 405 g/mol. The van der Waals surface area contributed by atoms with E-state index in [0.29, 0.717) is 10.2 Å². The third-order valence-corrected chi connectivity index (χ3v) is 6.52. The second-order valence-corrected chi connectivity index (χ2v) is 8.78. The highest BCUT2D eigenvalue weighted by atomic mass is 35.5. The summed E-state index contributed by atoms with van der Waals surface area (Å²) in [6.07, 6.45) is 2.46. The first kappa shape index (κ1) is 20.4. The third kappa shape index (κ3) is 4.74. The molecule has 27 heavy (non-hydrogen) atoms. The molecule has 8 heteroatoms. The maximum Gasteiger partial charge on any atom is 0.262 e. The van der Waals surface area contributed by atoms with E-state index in [4.69, 9.17) is 27.9 Å². The van der Waals surface area contributed by atoms with Gasteiger partial charge >= 0.3 is 0 Å². The zero-order valence-corrected chi connectivity index (χ0v) is 18.0. The minimum Gasteiger partial charge on any atom is -0.494 e. The monoisotopic (exact) mass is 427 g/mol. The highest BCUT2D eigenvalue weighted by Crippen LogP contribution is 2.35. The number of aromatic nitrogens is 1. The summed E-state index contributed by atoms with van der Waals surface area (Å²) in [6.45, 7) is 7.36. The minimum atomic E-state index is -0.383. The van der Waals surface area contributed by atoms with Crippen molar-refractivity contribution in [2.24, 2.45) is 5.92 Å². The van der Waals surface area contributed by atoms with Gasteiger partial charge in [0.15, 0.2) is 10.9 Å². The van der Waals surface area contributed by atoms with Gasteiger partial charge in [-0.15, -0.1) is 11.3 Å². The molecule has 2 heterocycles. The number of thiazole rings is 1. The van der Waals surface area contributed by atoms with Gasteiger partial charge in [0, 0.05) is 11.4 Å². The molecule has 3 rings (SSSR count). The zero-order valence-electron chi connectivity index (χ0n) is 15.6. The molecule has 5 nitrogen and oxygen atoms in total. The van der Waals surface area contributed by atoms with Gasteiger partial charge in [0.05, 0.1) is 22.8 Å². The second-order valence-electron chi connectivity index (χ2n) is 6.88. The van der Waals surface area contributed by atoms with Crippen LogP contribution in [0.15, 0.2) is 12.1 Å². The lowest BCUT2D eigenvalue weighted by Crippen LogP contribution is -2.32. The van der Waals surface area contributed by atoms with Gasteiger partial charge in [-0.1, -0.05) is 30.1 Å². The van der Waals surface area contributed by atoms with E-state index in [0.717, 1.165) is 31.2 Å². The van der Waals surface area contributed by atoms with Gasteiger partial charge in [0.25, 0.3) is 5.91 Å². The van der Waals surface area contributed by atoms with E-state index in [-0.39, 0.29) is 22.2 Å². The number of anilines is 1.